The van der Waals surface area contributed by atoms with E-state index in [1.165, 1.54) is 0 Å². The van der Waals surface area contributed by atoms with Gasteiger partial charge in [0.2, 0.25) is 0 Å². The maximum absolute atomic E-state index is 13.0. The molecule has 7 heteroatoms. The molecule has 2 aromatic rings. The highest BCUT2D eigenvalue weighted by Crippen LogP contribution is 2.39. The average molecular weight is 485 g/mol. The standard InChI is InChI=1S/C24H25BrN2O4/c25-19-9-7-18(8-10-19)22(28)20-21(17-5-2-1-3-6-17)27(24(30)23(20)29)12-4-11-26-13-15-31-16-14-26/h1-3,5-10,21,28H,4,11-16H2/b22-20+/t21-/m1/s1. The van der Waals surface area contributed by atoms with Gasteiger partial charge in [-0.15, -0.1) is 0 Å². The smallest absolute Gasteiger partial charge is 0.295 e. The van der Waals surface area contributed by atoms with E-state index in [1.54, 1.807) is 29.2 Å². The third-order valence-corrected chi connectivity index (χ3v) is 6.28. The summed E-state index contributed by atoms with van der Waals surface area (Å²) in [6, 6.07) is 15.9. The second kappa shape index (κ2) is 9.77. The second-order valence-electron chi connectivity index (χ2n) is 7.72. The van der Waals surface area contributed by atoms with Crippen molar-refractivity contribution < 1.29 is 19.4 Å². The SMILES string of the molecule is O=C1C(=O)N(CCCN2CCOCC2)[C@H](c2ccccc2)/C1=C(\O)c1ccc(Br)cc1. The zero-order valence-electron chi connectivity index (χ0n) is 17.2. The third-order valence-electron chi connectivity index (χ3n) is 5.75. The number of hydrogen-bond acceptors (Lipinski definition) is 5. The molecule has 0 unspecified atom stereocenters. The van der Waals surface area contributed by atoms with Gasteiger partial charge in [0.05, 0.1) is 24.8 Å². The summed E-state index contributed by atoms with van der Waals surface area (Å²) in [5.74, 6) is -1.34. The van der Waals surface area contributed by atoms with E-state index in [9.17, 15) is 14.7 Å². The number of likely N-dealkylation sites (tertiary alicyclic amines) is 1. The van der Waals surface area contributed by atoms with E-state index in [0.717, 1.165) is 49.3 Å². The van der Waals surface area contributed by atoms with Gasteiger partial charge in [0.1, 0.15) is 5.76 Å². The van der Waals surface area contributed by atoms with Crippen LogP contribution in [0.25, 0.3) is 5.76 Å². The third kappa shape index (κ3) is 4.74. The summed E-state index contributed by atoms with van der Waals surface area (Å²) in [5, 5.41) is 11.0. The Morgan fingerprint density at radius 3 is 2.35 bits per heavy atom. The number of carbonyl (C=O) groups is 2. The summed E-state index contributed by atoms with van der Waals surface area (Å²) in [6.07, 6.45) is 0.745. The van der Waals surface area contributed by atoms with Gasteiger partial charge < -0.3 is 14.7 Å². The van der Waals surface area contributed by atoms with Crippen molar-refractivity contribution in [3.05, 3.63) is 75.8 Å². The molecule has 0 aliphatic carbocycles. The summed E-state index contributed by atoms with van der Waals surface area (Å²) >= 11 is 3.38. The van der Waals surface area contributed by atoms with E-state index >= 15 is 0 Å². The first-order chi connectivity index (χ1) is 15.1. The number of amides is 1. The average Bonchev–Trinajstić information content (AvgIpc) is 3.05. The fourth-order valence-corrected chi connectivity index (χ4v) is 4.41. The van der Waals surface area contributed by atoms with E-state index in [-0.39, 0.29) is 11.3 Å². The molecule has 2 aliphatic rings. The van der Waals surface area contributed by atoms with Gasteiger partial charge in [0.15, 0.2) is 0 Å². The van der Waals surface area contributed by atoms with Gasteiger partial charge in [-0.1, -0.05) is 58.4 Å². The number of hydrogen-bond donors (Lipinski definition) is 1. The van der Waals surface area contributed by atoms with Crippen molar-refractivity contribution in [3.63, 3.8) is 0 Å². The van der Waals surface area contributed by atoms with Gasteiger partial charge >= 0.3 is 0 Å². The molecule has 1 N–H and O–H groups in total. The molecule has 0 bridgehead atoms. The number of aliphatic hydroxyl groups excluding tert-OH is 1. The lowest BCUT2D eigenvalue weighted by Gasteiger charge is -2.29. The van der Waals surface area contributed by atoms with Gasteiger partial charge in [0, 0.05) is 36.2 Å². The van der Waals surface area contributed by atoms with Crippen LogP contribution < -0.4 is 0 Å². The monoisotopic (exact) mass is 484 g/mol. The summed E-state index contributed by atoms with van der Waals surface area (Å²) < 4.78 is 6.26. The molecule has 162 valence electrons. The van der Waals surface area contributed by atoms with Crippen LogP contribution in [0.1, 0.15) is 23.6 Å². The number of benzene rings is 2. The number of carbonyl (C=O) groups excluding carboxylic acids is 2. The largest absolute Gasteiger partial charge is 0.507 e. The van der Waals surface area contributed by atoms with Crippen LogP contribution in [0.15, 0.2) is 64.6 Å². The zero-order chi connectivity index (χ0) is 21.8. The van der Waals surface area contributed by atoms with E-state index in [2.05, 4.69) is 20.8 Å². The van der Waals surface area contributed by atoms with Gasteiger partial charge in [-0.25, -0.2) is 0 Å². The maximum Gasteiger partial charge on any atom is 0.295 e. The van der Waals surface area contributed by atoms with Crippen molar-refractivity contribution in [2.45, 2.75) is 12.5 Å². The van der Waals surface area contributed by atoms with E-state index in [4.69, 9.17) is 4.74 Å². The molecule has 2 saturated heterocycles. The van der Waals surface area contributed by atoms with Crippen molar-refractivity contribution >= 4 is 33.4 Å². The number of ether oxygens (including phenoxy) is 1. The fourth-order valence-electron chi connectivity index (χ4n) is 4.15. The van der Waals surface area contributed by atoms with Gasteiger partial charge in [-0.3, -0.25) is 14.5 Å². The van der Waals surface area contributed by atoms with E-state index in [0.29, 0.717) is 12.1 Å². The van der Waals surface area contributed by atoms with E-state index < -0.39 is 17.7 Å². The molecule has 2 heterocycles. The molecule has 1 amide bonds. The highest BCUT2D eigenvalue weighted by atomic mass is 79.9. The van der Waals surface area contributed by atoms with Crippen LogP contribution in [0.2, 0.25) is 0 Å². The van der Waals surface area contributed by atoms with Crippen LogP contribution in [-0.4, -0.2) is 66.0 Å². The van der Waals surface area contributed by atoms with Crippen molar-refractivity contribution in [2.24, 2.45) is 0 Å². The number of aliphatic hydroxyl groups is 1. The summed E-state index contributed by atoms with van der Waals surface area (Å²) in [6.45, 7) is 4.48. The van der Waals surface area contributed by atoms with E-state index in [1.807, 2.05) is 30.3 Å². The Bertz CT molecular complexity index is 969. The molecule has 0 spiro atoms. The lowest BCUT2D eigenvalue weighted by atomic mass is 9.95. The minimum atomic E-state index is -0.638. The highest BCUT2D eigenvalue weighted by molar-refractivity contribution is 9.10. The molecule has 0 aromatic heterocycles. The minimum absolute atomic E-state index is 0.143. The van der Waals surface area contributed by atoms with Crippen LogP contribution in [0.3, 0.4) is 0 Å². The first kappa shape index (κ1) is 21.7. The highest BCUT2D eigenvalue weighted by Gasteiger charge is 2.45. The predicted molar refractivity (Wildman–Crippen MR) is 121 cm³/mol. The summed E-state index contributed by atoms with van der Waals surface area (Å²) in [4.78, 5) is 29.9. The lowest BCUT2D eigenvalue weighted by molar-refractivity contribution is -0.140. The predicted octanol–water partition coefficient (Wildman–Crippen LogP) is 3.59. The van der Waals surface area contributed by atoms with Gasteiger partial charge in [-0.2, -0.15) is 0 Å². The van der Waals surface area contributed by atoms with Gasteiger partial charge in [-0.05, 0) is 24.1 Å². The Morgan fingerprint density at radius 2 is 1.68 bits per heavy atom. The van der Waals surface area contributed by atoms with Crippen molar-refractivity contribution in [1.29, 1.82) is 0 Å². The Morgan fingerprint density at radius 1 is 1.00 bits per heavy atom. The lowest BCUT2D eigenvalue weighted by Crippen LogP contribution is -2.38. The quantitative estimate of drug-likeness (QED) is 0.385. The Balaban J connectivity index is 1.64. The topological polar surface area (TPSA) is 70.1 Å². The van der Waals surface area contributed by atoms with Crippen molar-refractivity contribution in [2.75, 3.05) is 39.4 Å². The van der Waals surface area contributed by atoms with Crippen LogP contribution in [0, 0.1) is 0 Å². The number of rotatable bonds is 6. The molecule has 2 aromatic carbocycles. The molecule has 1 atom stereocenters. The molecule has 0 saturated carbocycles. The van der Waals surface area contributed by atoms with Crippen LogP contribution >= 0.6 is 15.9 Å². The Hall–Kier alpha value is -2.48. The van der Waals surface area contributed by atoms with Crippen LogP contribution in [-0.2, 0) is 14.3 Å². The molecule has 2 aliphatic heterocycles. The van der Waals surface area contributed by atoms with Crippen LogP contribution in [0.4, 0.5) is 0 Å². The molecular formula is C24H25BrN2O4. The van der Waals surface area contributed by atoms with Crippen molar-refractivity contribution in [1.82, 2.24) is 9.80 Å². The molecule has 31 heavy (non-hydrogen) atoms. The normalized spacial score (nSPS) is 21.6. The zero-order valence-corrected chi connectivity index (χ0v) is 18.8. The number of nitrogens with zero attached hydrogens (tertiary/aromatic N) is 2. The molecule has 6 nitrogen and oxygen atoms in total. The summed E-state index contributed by atoms with van der Waals surface area (Å²) in [7, 11) is 0. The Labute approximate surface area is 190 Å². The van der Waals surface area contributed by atoms with Crippen LogP contribution in [0.5, 0.6) is 0 Å². The minimum Gasteiger partial charge on any atom is -0.507 e. The number of Topliss-reactive ketones (excluding diaryl/α,β-unsaturated/α-hetero) is 1. The first-order valence-corrected chi connectivity index (χ1v) is 11.2. The maximum atomic E-state index is 13.0. The molecule has 4 rings (SSSR count). The first-order valence-electron chi connectivity index (χ1n) is 10.5. The number of morpholine rings is 1. The number of ketones is 1. The number of halogens is 1. The fraction of sp³-hybridized carbons (Fsp3) is 0.333. The second-order valence-corrected chi connectivity index (χ2v) is 8.63. The Kier molecular flexibility index (Phi) is 6.85. The van der Waals surface area contributed by atoms with Gasteiger partial charge in [0.25, 0.3) is 11.7 Å². The molecular weight excluding hydrogens is 460 g/mol. The molecule has 0 radical (unpaired) electrons. The molecule has 2 fully saturated rings. The van der Waals surface area contributed by atoms with Crippen molar-refractivity contribution in [3.8, 4) is 0 Å². The summed E-state index contributed by atoms with van der Waals surface area (Å²) in [5.41, 5.74) is 1.46.